The largest absolute Gasteiger partial charge is 0.497 e. The maximum Gasteiger partial charge on any atom is 0.315 e. The first-order valence-electron chi connectivity index (χ1n) is 15.3. The highest BCUT2D eigenvalue weighted by atomic mass is 16.6. The molecule has 0 radical (unpaired) electrons. The average Bonchev–Trinajstić information content (AvgIpc) is 3.46. The van der Waals surface area contributed by atoms with E-state index in [-0.39, 0.29) is 34.2 Å². The highest BCUT2D eigenvalue weighted by molar-refractivity contribution is 6.03. The van der Waals surface area contributed by atoms with Crippen molar-refractivity contribution in [1.82, 2.24) is 4.90 Å². The summed E-state index contributed by atoms with van der Waals surface area (Å²) in [5, 5.41) is 11.8. The van der Waals surface area contributed by atoms with Gasteiger partial charge in [0.05, 0.1) is 55.7 Å². The summed E-state index contributed by atoms with van der Waals surface area (Å²) in [6, 6.07) is 14.9. The number of carbonyl (C=O) groups is 1. The normalized spacial score (nSPS) is 15.9. The van der Waals surface area contributed by atoms with Crippen LogP contribution in [0.15, 0.2) is 59.6 Å². The molecule has 1 fully saturated rings. The molecule has 11 nitrogen and oxygen atoms in total. The van der Waals surface area contributed by atoms with Crippen LogP contribution >= 0.6 is 0 Å². The number of ether oxygens (including phenoxy) is 5. The smallest absolute Gasteiger partial charge is 0.315 e. The lowest BCUT2D eigenvalue weighted by Gasteiger charge is -2.34. The SMILES string of the molecule is COc1ccc(Oc2ccc(OCC(C)(C)CC(C)(C)COc3cc4c(cc3OC)C(=O)N3CCCC3C=N4)cc2[N+](=O)[O-])cc1. The van der Waals surface area contributed by atoms with Gasteiger partial charge in [0.1, 0.15) is 17.2 Å². The minimum Gasteiger partial charge on any atom is -0.497 e. The van der Waals surface area contributed by atoms with E-state index in [2.05, 4.69) is 32.7 Å². The standard InChI is InChI=1S/C35H41N3O8/c1-34(2,21-44-26-13-14-30(29(16-26)38(40)41)46-25-11-9-24(42-5)10-12-25)20-35(3,4)22-45-32-18-28-27(17-31(32)43-6)33(39)37-15-7-8-23(37)19-36-28/h9-14,16-19,23H,7-8,15,20-22H2,1-6H3. The molecule has 2 aliphatic heterocycles. The summed E-state index contributed by atoms with van der Waals surface area (Å²) in [4.78, 5) is 31.0. The van der Waals surface area contributed by atoms with Crippen LogP contribution < -0.4 is 23.7 Å². The van der Waals surface area contributed by atoms with Crippen LogP contribution in [0.4, 0.5) is 11.4 Å². The van der Waals surface area contributed by atoms with Crippen molar-refractivity contribution in [2.75, 3.05) is 34.0 Å². The van der Waals surface area contributed by atoms with Crippen LogP contribution in [-0.4, -0.2) is 62.0 Å². The highest BCUT2D eigenvalue weighted by Gasteiger charge is 2.34. The van der Waals surface area contributed by atoms with Crippen molar-refractivity contribution in [2.24, 2.45) is 15.8 Å². The lowest BCUT2D eigenvalue weighted by Crippen LogP contribution is -2.35. The number of hydrogen-bond acceptors (Lipinski definition) is 9. The van der Waals surface area contributed by atoms with E-state index in [9.17, 15) is 14.9 Å². The van der Waals surface area contributed by atoms with E-state index in [0.717, 1.165) is 25.8 Å². The molecular weight excluding hydrogens is 590 g/mol. The van der Waals surface area contributed by atoms with E-state index in [1.54, 1.807) is 56.7 Å². The Balaban J connectivity index is 1.21. The van der Waals surface area contributed by atoms with Crippen LogP contribution in [0.3, 0.4) is 0 Å². The lowest BCUT2D eigenvalue weighted by molar-refractivity contribution is -0.385. The van der Waals surface area contributed by atoms with E-state index in [1.165, 1.54) is 12.1 Å². The molecule has 1 amide bonds. The van der Waals surface area contributed by atoms with Gasteiger partial charge in [0.2, 0.25) is 5.75 Å². The monoisotopic (exact) mass is 631 g/mol. The van der Waals surface area contributed by atoms with Crippen molar-refractivity contribution in [2.45, 2.75) is 53.0 Å². The number of fused-ring (bicyclic) bond motifs is 2. The summed E-state index contributed by atoms with van der Waals surface area (Å²) in [6.45, 7) is 9.81. The van der Waals surface area contributed by atoms with Crippen LogP contribution in [0.1, 0.15) is 57.3 Å². The fraction of sp³-hybridized carbons (Fsp3) is 0.429. The zero-order valence-electron chi connectivity index (χ0n) is 27.2. The fourth-order valence-corrected chi connectivity index (χ4v) is 6.16. The van der Waals surface area contributed by atoms with E-state index < -0.39 is 4.92 Å². The zero-order chi connectivity index (χ0) is 33.1. The van der Waals surface area contributed by atoms with Crippen molar-refractivity contribution in [1.29, 1.82) is 0 Å². The number of rotatable bonds is 13. The lowest BCUT2D eigenvalue weighted by atomic mass is 9.76. The molecule has 3 aromatic rings. The third-order valence-corrected chi connectivity index (χ3v) is 8.08. The van der Waals surface area contributed by atoms with Crippen molar-refractivity contribution in [3.63, 3.8) is 0 Å². The molecule has 11 heteroatoms. The summed E-state index contributed by atoms with van der Waals surface area (Å²) >= 11 is 0. The number of amides is 1. The number of carbonyl (C=O) groups excluding carboxylic acids is 1. The van der Waals surface area contributed by atoms with Gasteiger partial charge in [-0.2, -0.15) is 0 Å². The first kappa shape index (κ1) is 32.6. The van der Waals surface area contributed by atoms with Gasteiger partial charge in [-0.3, -0.25) is 19.9 Å². The molecule has 0 N–H and O–H groups in total. The molecule has 2 heterocycles. The first-order valence-corrected chi connectivity index (χ1v) is 15.3. The van der Waals surface area contributed by atoms with Gasteiger partial charge in [0.25, 0.3) is 5.91 Å². The van der Waals surface area contributed by atoms with Crippen LogP contribution in [0.25, 0.3) is 0 Å². The molecule has 1 unspecified atom stereocenters. The topological polar surface area (TPSA) is 122 Å². The number of aliphatic imine (C=N–C) groups is 1. The molecule has 46 heavy (non-hydrogen) atoms. The van der Waals surface area contributed by atoms with Gasteiger partial charge in [0, 0.05) is 18.8 Å². The Morgan fingerprint density at radius 2 is 1.54 bits per heavy atom. The van der Waals surface area contributed by atoms with Crippen molar-refractivity contribution < 1.29 is 33.4 Å². The Kier molecular flexibility index (Phi) is 9.41. The Hall–Kier alpha value is -4.80. The summed E-state index contributed by atoms with van der Waals surface area (Å²) in [6.07, 6.45) is 4.47. The van der Waals surface area contributed by atoms with Gasteiger partial charge in [-0.25, -0.2) is 0 Å². The number of nitro benzene ring substituents is 1. The third-order valence-electron chi connectivity index (χ3n) is 8.08. The maximum absolute atomic E-state index is 13.2. The average molecular weight is 632 g/mol. The summed E-state index contributed by atoms with van der Waals surface area (Å²) in [7, 11) is 3.12. The van der Waals surface area contributed by atoms with Crippen molar-refractivity contribution in [3.05, 3.63) is 70.3 Å². The van der Waals surface area contributed by atoms with Gasteiger partial charge in [-0.15, -0.1) is 0 Å². The van der Waals surface area contributed by atoms with Crippen LogP contribution in [0.5, 0.6) is 34.5 Å². The number of hydrogen-bond donors (Lipinski definition) is 0. The third kappa shape index (κ3) is 7.52. The molecule has 2 aliphatic rings. The Morgan fingerprint density at radius 3 is 2.22 bits per heavy atom. The van der Waals surface area contributed by atoms with Gasteiger partial charge in [-0.05, 0) is 72.6 Å². The van der Waals surface area contributed by atoms with Crippen LogP contribution in [0.2, 0.25) is 0 Å². The molecule has 0 aromatic heterocycles. The van der Waals surface area contributed by atoms with Crippen LogP contribution in [-0.2, 0) is 0 Å². The summed E-state index contributed by atoms with van der Waals surface area (Å²) in [5.74, 6) is 2.58. The summed E-state index contributed by atoms with van der Waals surface area (Å²) in [5.41, 5.74) is 0.315. The second-order valence-electron chi connectivity index (χ2n) is 13.3. The minimum absolute atomic E-state index is 0.0235. The van der Waals surface area contributed by atoms with Gasteiger partial charge >= 0.3 is 5.69 Å². The molecule has 244 valence electrons. The first-order chi connectivity index (χ1) is 21.9. The molecule has 0 spiro atoms. The van der Waals surface area contributed by atoms with E-state index >= 15 is 0 Å². The predicted octanol–water partition coefficient (Wildman–Crippen LogP) is 7.63. The van der Waals surface area contributed by atoms with Gasteiger partial charge in [0.15, 0.2) is 11.5 Å². The Labute approximate surface area is 269 Å². The maximum atomic E-state index is 13.2. The quantitative estimate of drug-likeness (QED) is 0.139. The second kappa shape index (κ2) is 13.3. The second-order valence-corrected chi connectivity index (χ2v) is 13.3. The van der Waals surface area contributed by atoms with Gasteiger partial charge < -0.3 is 28.6 Å². The molecule has 1 saturated heterocycles. The molecular formula is C35H41N3O8. The number of nitro groups is 1. The molecule has 0 saturated carbocycles. The highest BCUT2D eigenvalue weighted by Crippen LogP contribution is 2.41. The Morgan fingerprint density at radius 1 is 0.870 bits per heavy atom. The number of nitrogens with zero attached hydrogens (tertiary/aromatic N) is 3. The van der Waals surface area contributed by atoms with Crippen molar-refractivity contribution >= 4 is 23.5 Å². The molecule has 5 rings (SSSR count). The minimum atomic E-state index is -0.488. The molecule has 0 bridgehead atoms. The number of benzene rings is 3. The number of methoxy groups -OCH3 is 2. The van der Waals surface area contributed by atoms with Crippen molar-refractivity contribution in [3.8, 4) is 34.5 Å². The zero-order valence-corrected chi connectivity index (χ0v) is 27.2. The van der Waals surface area contributed by atoms with Crippen LogP contribution in [0, 0.1) is 20.9 Å². The molecule has 1 atom stereocenters. The fourth-order valence-electron chi connectivity index (χ4n) is 6.16. The summed E-state index contributed by atoms with van der Waals surface area (Å²) < 4.78 is 28.9. The van der Waals surface area contributed by atoms with E-state index in [1.807, 2.05) is 11.1 Å². The van der Waals surface area contributed by atoms with E-state index in [0.29, 0.717) is 53.2 Å². The molecule has 0 aliphatic carbocycles. The van der Waals surface area contributed by atoms with E-state index in [4.69, 9.17) is 23.7 Å². The Bertz CT molecular complexity index is 1620. The predicted molar refractivity (Wildman–Crippen MR) is 175 cm³/mol. The van der Waals surface area contributed by atoms with Gasteiger partial charge in [-0.1, -0.05) is 27.7 Å². The molecule has 3 aromatic carbocycles.